The zero-order valence-electron chi connectivity index (χ0n) is 16.1. The number of amides is 1. The van der Waals surface area contributed by atoms with E-state index in [-0.39, 0.29) is 17.6 Å². The molecule has 0 aromatic carbocycles. The Morgan fingerprint density at radius 3 is 2.57 bits per heavy atom. The highest BCUT2D eigenvalue weighted by Gasteiger charge is 2.37. The van der Waals surface area contributed by atoms with Gasteiger partial charge in [-0.25, -0.2) is 4.98 Å². The number of alkyl halides is 3. The third-order valence-corrected chi connectivity index (χ3v) is 4.72. The molecule has 11 heteroatoms. The van der Waals surface area contributed by atoms with Gasteiger partial charge in [0.15, 0.2) is 0 Å². The molecule has 154 valence electrons. The number of likely N-dealkylation sites (N-methyl/N-ethyl adjacent to an activating group) is 1. The van der Waals surface area contributed by atoms with Crippen LogP contribution in [-0.4, -0.2) is 70.7 Å². The zero-order valence-corrected chi connectivity index (χ0v) is 16.1. The van der Waals surface area contributed by atoms with E-state index < -0.39 is 12.0 Å². The maximum absolute atomic E-state index is 13.0. The second-order valence-corrected chi connectivity index (χ2v) is 7.26. The molecule has 28 heavy (non-hydrogen) atoms. The average molecular weight is 399 g/mol. The maximum atomic E-state index is 13.0. The van der Waals surface area contributed by atoms with E-state index in [0.717, 1.165) is 11.1 Å². The van der Waals surface area contributed by atoms with Crippen LogP contribution in [0.3, 0.4) is 0 Å². The summed E-state index contributed by atoms with van der Waals surface area (Å²) in [5.74, 6) is -0.846. The molecule has 0 atom stereocenters. The van der Waals surface area contributed by atoms with Crippen molar-refractivity contribution < 1.29 is 18.0 Å². The van der Waals surface area contributed by atoms with Crippen LogP contribution in [0.2, 0.25) is 0 Å². The van der Waals surface area contributed by atoms with Crippen molar-refractivity contribution in [3.8, 4) is 0 Å². The summed E-state index contributed by atoms with van der Waals surface area (Å²) in [5.41, 5.74) is 0.562. The summed E-state index contributed by atoms with van der Waals surface area (Å²) in [4.78, 5) is 23.8. The molecule has 1 fully saturated rings. The van der Waals surface area contributed by atoms with Crippen LogP contribution in [0.25, 0.3) is 5.78 Å². The van der Waals surface area contributed by atoms with Crippen LogP contribution >= 0.6 is 0 Å². The number of halogens is 3. The largest absolute Gasteiger partial charge is 0.453 e. The van der Waals surface area contributed by atoms with Gasteiger partial charge in [-0.3, -0.25) is 4.79 Å². The van der Waals surface area contributed by atoms with E-state index in [9.17, 15) is 18.0 Å². The Labute approximate surface area is 160 Å². The molecule has 1 saturated heterocycles. The van der Waals surface area contributed by atoms with Crippen LogP contribution in [0.15, 0.2) is 6.07 Å². The summed E-state index contributed by atoms with van der Waals surface area (Å²) < 4.78 is 40.0. The summed E-state index contributed by atoms with van der Waals surface area (Å²) in [6, 6.07) is 1.69. The third-order valence-electron chi connectivity index (χ3n) is 4.72. The molecular weight excluding hydrogens is 375 g/mol. The molecule has 0 saturated carbocycles. The highest BCUT2D eigenvalue weighted by molar-refractivity contribution is 5.79. The molecule has 1 aliphatic heterocycles. The van der Waals surface area contributed by atoms with E-state index in [4.69, 9.17) is 0 Å². The Balaban J connectivity index is 1.71. The number of fused-ring (bicyclic) bond motifs is 1. The average Bonchev–Trinajstić information content (AvgIpc) is 3.05. The topological polar surface area (TPSA) is 78.7 Å². The number of nitrogens with zero attached hydrogens (tertiary/aromatic N) is 6. The van der Waals surface area contributed by atoms with Gasteiger partial charge in [-0.2, -0.15) is 22.7 Å². The number of aromatic nitrogens is 4. The van der Waals surface area contributed by atoms with Crippen LogP contribution in [0.4, 0.5) is 19.0 Å². The third kappa shape index (κ3) is 4.51. The number of carbonyl (C=O) groups excluding carboxylic acids is 1. The monoisotopic (exact) mass is 399 g/mol. The van der Waals surface area contributed by atoms with E-state index in [1.807, 2.05) is 23.9 Å². The normalized spacial score (nSPS) is 16.2. The summed E-state index contributed by atoms with van der Waals surface area (Å²) in [6.07, 6.45) is -3.38. The fourth-order valence-corrected chi connectivity index (χ4v) is 3.23. The van der Waals surface area contributed by atoms with Gasteiger partial charge in [0.2, 0.25) is 5.91 Å². The van der Waals surface area contributed by atoms with Gasteiger partial charge >= 0.3 is 6.18 Å². The summed E-state index contributed by atoms with van der Waals surface area (Å²) >= 11 is 0. The Kier molecular flexibility index (Phi) is 5.73. The zero-order chi connectivity index (χ0) is 20.5. The van der Waals surface area contributed by atoms with Gasteiger partial charge in [0.05, 0.1) is 0 Å². The first-order chi connectivity index (χ1) is 13.1. The predicted octanol–water partition coefficient (Wildman–Crippen LogP) is 1.35. The van der Waals surface area contributed by atoms with Crippen molar-refractivity contribution in [1.29, 1.82) is 0 Å². The smallest absolute Gasteiger partial charge is 0.356 e. The highest BCUT2D eigenvalue weighted by Crippen LogP contribution is 2.29. The van der Waals surface area contributed by atoms with Crippen molar-refractivity contribution in [2.45, 2.75) is 25.9 Å². The number of hydrogen-bond donors (Lipinski definition) is 1. The summed E-state index contributed by atoms with van der Waals surface area (Å²) in [6.45, 7) is 4.16. The quantitative estimate of drug-likeness (QED) is 0.818. The fraction of sp³-hybridized carbons (Fsp3) is 0.647. The van der Waals surface area contributed by atoms with Crippen LogP contribution in [0.5, 0.6) is 0 Å². The number of piperidine rings is 1. The first-order valence-electron chi connectivity index (χ1n) is 9.14. The summed E-state index contributed by atoms with van der Waals surface area (Å²) in [7, 11) is 3.88. The van der Waals surface area contributed by atoms with Gasteiger partial charge in [0.1, 0.15) is 5.82 Å². The lowest BCUT2D eigenvalue weighted by Crippen LogP contribution is -2.42. The molecule has 2 aromatic rings. The molecule has 8 nitrogen and oxygen atoms in total. The van der Waals surface area contributed by atoms with Gasteiger partial charge in [-0.15, -0.1) is 5.10 Å². The van der Waals surface area contributed by atoms with Crippen LogP contribution in [0.1, 0.15) is 24.4 Å². The van der Waals surface area contributed by atoms with Crippen LogP contribution in [-0.2, 0) is 11.0 Å². The minimum atomic E-state index is -4.63. The first kappa shape index (κ1) is 20.3. The minimum Gasteiger partial charge on any atom is -0.356 e. The SMILES string of the molecule is Cc1cc(N2CCC(C(=O)NCCN(C)C)CC2)n2nc(C(F)(F)F)nc2n1. The van der Waals surface area contributed by atoms with Crippen molar-refractivity contribution in [2.75, 3.05) is 45.2 Å². The van der Waals surface area contributed by atoms with Gasteiger partial charge in [0.25, 0.3) is 11.6 Å². The predicted molar refractivity (Wildman–Crippen MR) is 97.0 cm³/mol. The van der Waals surface area contributed by atoms with Crippen LogP contribution in [0, 0.1) is 12.8 Å². The lowest BCUT2D eigenvalue weighted by Gasteiger charge is -2.33. The number of aryl methyl sites for hydroxylation is 1. The van der Waals surface area contributed by atoms with E-state index in [1.165, 1.54) is 0 Å². The standard InChI is InChI=1S/C17H24F3N7O/c1-11-10-13(27-16(22-11)23-15(24-27)17(18,19)20)26-7-4-12(5-8-26)14(28)21-6-9-25(2)3/h10,12H,4-9H2,1-3H3,(H,21,28). The second kappa shape index (κ2) is 7.90. The number of anilines is 1. The Morgan fingerprint density at radius 1 is 1.29 bits per heavy atom. The second-order valence-electron chi connectivity index (χ2n) is 7.26. The molecule has 0 radical (unpaired) electrons. The molecule has 3 rings (SSSR count). The lowest BCUT2D eigenvalue weighted by atomic mass is 9.96. The van der Waals surface area contributed by atoms with Crippen molar-refractivity contribution in [3.05, 3.63) is 17.6 Å². The molecule has 1 amide bonds. The van der Waals surface area contributed by atoms with Gasteiger partial charge in [-0.1, -0.05) is 0 Å². The van der Waals surface area contributed by atoms with E-state index in [2.05, 4.69) is 20.4 Å². The minimum absolute atomic E-state index is 0.0256. The van der Waals surface area contributed by atoms with Crippen molar-refractivity contribution in [3.63, 3.8) is 0 Å². The van der Waals surface area contributed by atoms with E-state index in [1.54, 1.807) is 13.0 Å². The Hall–Kier alpha value is -2.43. The number of nitrogens with one attached hydrogen (secondary N) is 1. The van der Waals surface area contributed by atoms with Crippen molar-refractivity contribution in [2.24, 2.45) is 5.92 Å². The number of rotatable bonds is 5. The van der Waals surface area contributed by atoms with Gasteiger partial charge < -0.3 is 15.1 Å². The van der Waals surface area contributed by atoms with Crippen LogP contribution < -0.4 is 10.2 Å². The molecule has 0 unspecified atom stereocenters. The molecular formula is C17H24F3N7O. The Bertz CT molecular complexity index is 841. The fourth-order valence-electron chi connectivity index (χ4n) is 3.23. The van der Waals surface area contributed by atoms with Gasteiger partial charge in [-0.05, 0) is 33.9 Å². The Morgan fingerprint density at radius 2 is 1.96 bits per heavy atom. The molecule has 3 heterocycles. The van der Waals surface area contributed by atoms with E-state index >= 15 is 0 Å². The maximum Gasteiger partial charge on any atom is 0.453 e. The molecule has 0 aliphatic carbocycles. The van der Waals surface area contributed by atoms with E-state index in [0.29, 0.717) is 44.0 Å². The first-order valence-corrected chi connectivity index (χ1v) is 9.14. The molecule has 2 aromatic heterocycles. The van der Waals surface area contributed by atoms with Gasteiger partial charge in [0, 0.05) is 43.9 Å². The highest BCUT2D eigenvalue weighted by atomic mass is 19.4. The van der Waals surface area contributed by atoms with Crippen molar-refractivity contribution >= 4 is 17.5 Å². The molecule has 1 N–H and O–H groups in total. The molecule has 1 aliphatic rings. The lowest BCUT2D eigenvalue weighted by molar-refractivity contribution is -0.144. The summed E-state index contributed by atoms with van der Waals surface area (Å²) in [5, 5.41) is 6.54. The van der Waals surface area contributed by atoms with Crippen molar-refractivity contribution in [1.82, 2.24) is 29.8 Å². The number of hydrogen-bond acceptors (Lipinski definition) is 6. The molecule has 0 bridgehead atoms. The molecule has 0 spiro atoms. The number of carbonyl (C=O) groups is 1.